The number of nitrogens with one attached hydrogen (secondary N) is 1. The van der Waals surface area contributed by atoms with Crippen molar-refractivity contribution in [2.45, 2.75) is 106 Å². The van der Waals surface area contributed by atoms with Crippen molar-refractivity contribution in [3.05, 3.63) is 60.0 Å². The number of carbonyl (C=O) groups is 1. The number of anilines is 1. The van der Waals surface area contributed by atoms with Crippen LogP contribution >= 0.6 is 11.3 Å². The molecule has 6 heteroatoms. The summed E-state index contributed by atoms with van der Waals surface area (Å²) in [6, 6.07) is 10.4. The fraction of sp³-hybridized carbons (Fsp3) is 0.548. The lowest BCUT2D eigenvalue weighted by Crippen LogP contribution is -2.25. The average molecular weight is 531 g/mol. The van der Waals surface area contributed by atoms with E-state index in [2.05, 4.69) is 68.3 Å². The molecule has 2 aromatic rings. The maximum Gasteiger partial charge on any atom is 0.327 e. The minimum atomic E-state index is -0.891. The number of hydrogen-bond donors (Lipinski definition) is 2. The molecule has 0 fully saturated rings. The van der Waals surface area contributed by atoms with Gasteiger partial charge < -0.3 is 15.2 Å². The molecule has 2 rings (SSSR count). The first-order valence-corrected chi connectivity index (χ1v) is 14.9. The number of rotatable bonds is 15. The lowest BCUT2D eigenvalue weighted by molar-refractivity contribution is -0.131. The van der Waals surface area contributed by atoms with Crippen LogP contribution in [0.3, 0.4) is 0 Å². The number of nitrogens with zero attached hydrogens (tertiary/aromatic N) is 1. The van der Waals surface area contributed by atoms with Crippen molar-refractivity contribution in [2.24, 2.45) is 5.92 Å². The fourth-order valence-electron chi connectivity index (χ4n) is 3.92. The quantitative estimate of drug-likeness (QED) is 0.136. The van der Waals surface area contributed by atoms with Gasteiger partial charge in [-0.15, -0.1) is 11.3 Å². The van der Waals surface area contributed by atoms with Gasteiger partial charge in [-0.2, -0.15) is 0 Å². The van der Waals surface area contributed by atoms with Crippen molar-refractivity contribution in [3.63, 3.8) is 0 Å². The predicted octanol–water partition coefficient (Wildman–Crippen LogP) is 9.94. The van der Waals surface area contributed by atoms with Crippen LogP contribution in [0, 0.1) is 5.92 Å². The van der Waals surface area contributed by atoms with E-state index in [9.17, 15) is 4.79 Å². The van der Waals surface area contributed by atoms with Gasteiger partial charge in [0.15, 0.2) is 11.7 Å². The zero-order valence-electron chi connectivity index (χ0n) is 24.1. The lowest BCUT2D eigenvalue weighted by atomic mass is 9.90. The first-order chi connectivity index (χ1) is 18.0. The maximum atomic E-state index is 9.51. The first-order valence-electron chi connectivity index (χ1n) is 14.0. The molecule has 0 saturated carbocycles. The molecule has 0 aliphatic carbocycles. The fourth-order valence-corrected chi connectivity index (χ4v) is 4.67. The minimum Gasteiger partial charge on any atom is -0.478 e. The third-order valence-corrected chi connectivity index (χ3v) is 6.46. The highest BCUT2D eigenvalue weighted by Crippen LogP contribution is 2.33. The van der Waals surface area contributed by atoms with Crippen LogP contribution in [-0.2, 0) is 9.53 Å². The highest BCUT2D eigenvalue weighted by Gasteiger charge is 2.22. The Morgan fingerprint density at radius 3 is 2.30 bits per heavy atom. The van der Waals surface area contributed by atoms with Crippen LogP contribution in [-0.4, -0.2) is 22.2 Å². The van der Waals surface area contributed by atoms with Crippen molar-refractivity contribution in [3.8, 4) is 10.4 Å². The second-order valence-corrected chi connectivity index (χ2v) is 9.30. The maximum absolute atomic E-state index is 9.51. The molecule has 5 nitrogen and oxygen atoms in total. The molecule has 2 N–H and O–H groups in total. The van der Waals surface area contributed by atoms with Crippen molar-refractivity contribution in [1.82, 2.24) is 4.98 Å². The smallest absolute Gasteiger partial charge is 0.327 e. The third kappa shape index (κ3) is 14.7. The number of hydrogen-bond acceptors (Lipinski definition) is 5. The number of unbranched alkanes of at least 4 members (excludes halogenated alkanes) is 2. The summed E-state index contributed by atoms with van der Waals surface area (Å²) < 4.78 is 6.56. The average Bonchev–Trinajstić information content (AvgIpc) is 3.37. The van der Waals surface area contributed by atoms with Gasteiger partial charge in [-0.25, -0.2) is 9.78 Å². The standard InChI is InChI=1S/C25H38N2OS.C4H6O2.C2H6/c1-5-9-11-16-20(14-6-2)22(8-4)28-23(15-7-3)27-25-24(29-19-26-25)21-17-12-10-13-18-21;1-2-3-4(5)6;1-2/h10,12-13,15,17-20,22,27H,5-9,11,14,16H2,1-4H3;2-3H,1H3,(H,5,6);1-2H3/b23-15+;3-2+;. The van der Waals surface area contributed by atoms with Crippen LogP contribution in [0.2, 0.25) is 0 Å². The molecule has 2 atom stereocenters. The molecule has 0 saturated heterocycles. The number of carboxylic acids is 1. The Labute approximate surface area is 230 Å². The summed E-state index contributed by atoms with van der Waals surface area (Å²) in [5, 5.41) is 11.3. The predicted molar refractivity (Wildman–Crippen MR) is 161 cm³/mol. The second kappa shape index (κ2) is 22.6. The molecule has 0 spiro atoms. The summed E-state index contributed by atoms with van der Waals surface area (Å²) >= 11 is 1.66. The second-order valence-electron chi connectivity index (χ2n) is 8.45. The molecule has 1 heterocycles. The van der Waals surface area contributed by atoms with E-state index in [1.165, 1.54) is 50.2 Å². The zero-order chi connectivity index (χ0) is 27.9. The molecule has 37 heavy (non-hydrogen) atoms. The van der Waals surface area contributed by atoms with Gasteiger partial charge in [0, 0.05) is 6.08 Å². The number of thiazole rings is 1. The van der Waals surface area contributed by atoms with Crippen LogP contribution in [0.4, 0.5) is 5.82 Å². The van der Waals surface area contributed by atoms with Crippen LogP contribution in [0.5, 0.6) is 0 Å². The van der Waals surface area contributed by atoms with Crippen LogP contribution in [0.15, 0.2) is 60.0 Å². The van der Waals surface area contributed by atoms with Crippen molar-refractivity contribution < 1.29 is 14.6 Å². The molecule has 0 bridgehead atoms. The molecular formula is C31H50N2O3S. The van der Waals surface area contributed by atoms with Gasteiger partial charge in [0.1, 0.15) is 6.10 Å². The van der Waals surface area contributed by atoms with Crippen molar-refractivity contribution in [1.29, 1.82) is 0 Å². The normalized spacial score (nSPS) is 12.6. The van der Waals surface area contributed by atoms with E-state index in [0.717, 1.165) is 35.5 Å². The Balaban J connectivity index is 0.00000142. The molecule has 1 aromatic heterocycles. The molecule has 208 valence electrons. The van der Waals surface area contributed by atoms with Gasteiger partial charge in [-0.3, -0.25) is 0 Å². The summed E-state index contributed by atoms with van der Waals surface area (Å²) in [7, 11) is 0. The summed E-state index contributed by atoms with van der Waals surface area (Å²) in [6.07, 6.45) is 14.5. The number of benzene rings is 1. The van der Waals surface area contributed by atoms with Gasteiger partial charge in [0.2, 0.25) is 0 Å². The lowest BCUT2D eigenvalue weighted by Gasteiger charge is -2.28. The largest absolute Gasteiger partial charge is 0.478 e. The molecule has 0 radical (unpaired) electrons. The van der Waals surface area contributed by atoms with E-state index in [-0.39, 0.29) is 6.10 Å². The van der Waals surface area contributed by atoms with Crippen LogP contribution in [0.1, 0.15) is 99.8 Å². The van der Waals surface area contributed by atoms with Gasteiger partial charge in [0.25, 0.3) is 0 Å². The molecule has 1 aromatic carbocycles. The summed E-state index contributed by atoms with van der Waals surface area (Å²) in [6.45, 7) is 14.6. The molecular weight excluding hydrogens is 480 g/mol. The topological polar surface area (TPSA) is 71.5 Å². The van der Waals surface area contributed by atoms with E-state index in [1.807, 2.05) is 25.4 Å². The number of allylic oxidation sites excluding steroid dienone is 2. The van der Waals surface area contributed by atoms with Gasteiger partial charge in [0.05, 0.1) is 10.4 Å². The Bertz CT molecular complexity index is 878. The third-order valence-electron chi connectivity index (χ3n) is 5.59. The zero-order valence-corrected chi connectivity index (χ0v) is 24.9. The summed E-state index contributed by atoms with van der Waals surface area (Å²) in [5.41, 5.74) is 3.08. The van der Waals surface area contributed by atoms with Crippen molar-refractivity contribution in [2.75, 3.05) is 5.32 Å². The molecule has 0 amide bonds. The van der Waals surface area contributed by atoms with Crippen molar-refractivity contribution >= 4 is 23.1 Å². The SMILES string of the molecule is C/C=C/C(=O)O.CC.CC/C=C(\Nc1ncsc1-c1ccccc1)OC(CC)C(CCC)CCCCC. The highest BCUT2D eigenvalue weighted by atomic mass is 32.1. The van der Waals surface area contributed by atoms with E-state index in [0.29, 0.717) is 5.92 Å². The Kier molecular flexibility index (Phi) is 21.0. The highest BCUT2D eigenvalue weighted by molar-refractivity contribution is 7.13. The molecule has 0 aliphatic rings. The summed E-state index contributed by atoms with van der Waals surface area (Å²) in [4.78, 5) is 15.2. The van der Waals surface area contributed by atoms with Crippen LogP contribution in [0.25, 0.3) is 10.4 Å². The van der Waals surface area contributed by atoms with Gasteiger partial charge >= 0.3 is 5.97 Å². The number of aliphatic carboxylic acids is 1. The first kappa shape index (κ1) is 34.4. The Morgan fingerprint density at radius 2 is 1.78 bits per heavy atom. The Hall–Kier alpha value is -2.60. The van der Waals surface area contributed by atoms with E-state index >= 15 is 0 Å². The monoisotopic (exact) mass is 530 g/mol. The number of carboxylic acid groups (broad SMARTS) is 1. The van der Waals surface area contributed by atoms with E-state index in [4.69, 9.17) is 9.84 Å². The summed E-state index contributed by atoms with van der Waals surface area (Å²) in [5.74, 6) is 1.45. The molecule has 0 aliphatic heterocycles. The minimum absolute atomic E-state index is 0.246. The van der Waals surface area contributed by atoms with Crippen LogP contribution < -0.4 is 5.32 Å². The number of aromatic nitrogens is 1. The Morgan fingerprint density at radius 1 is 1.08 bits per heavy atom. The van der Waals surface area contributed by atoms with E-state index < -0.39 is 5.97 Å². The van der Waals surface area contributed by atoms with Gasteiger partial charge in [-0.05, 0) is 50.2 Å². The van der Waals surface area contributed by atoms with E-state index in [1.54, 1.807) is 18.3 Å². The number of ether oxygens (including phenoxy) is 1. The van der Waals surface area contributed by atoms with Gasteiger partial charge in [-0.1, -0.05) is 104 Å². The molecule has 2 unspecified atom stereocenters.